The highest BCUT2D eigenvalue weighted by Crippen LogP contribution is 2.43. The first-order valence-electron chi connectivity index (χ1n) is 39.7. The van der Waals surface area contributed by atoms with Gasteiger partial charge >= 0.3 is 0 Å². The fourth-order valence-electron chi connectivity index (χ4n) is 13.9. The van der Waals surface area contributed by atoms with E-state index in [1.807, 2.05) is 133 Å². The summed E-state index contributed by atoms with van der Waals surface area (Å²) in [6.07, 6.45) is 16.5. The van der Waals surface area contributed by atoms with Crippen LogP contribution in [-0.4, -0.2) is 0 Å². The van der Waals surface area contributed by atoms with Gasteiger partial charge in [0.05, 0.1) is 50.1 Å². The molecule has 0 N–H and O–H groups in total. The van der Waals surface area contributed by atoms with Crippen LogP contribution in [0.2, 0.25) is 0 Å². The summed E-state index contributed by atoms with van der Waals surface area (Å²) in [5.74, 6) is 14.7. The molecule has 0 aliphatic rings. The third kappa shape index (κ3) is 21.6. The van der Waals surface area contributed by atoms with Crippen molar-refractivity contribution in [2.24, 2.45) is 0 Å². The molecule has 14 aromatic rings. The van der Waals surface area contributed by atoms with Gasteiger partial charge in [0.2, 0.25) is 0 Å². The van der Waals surface area contributed by atoms with Crippen LogP contribution in [0.5, 0.6) is 69.0 Å². The van der Waals surface area contributed by atoms with Crippen LogP contribution in [-0.2, 0) is 21.7 Å². The first kappa shape index (κ1) is 91.1. The Morgan fingerprint density at radius 3 is 0.586 bits per heavy atom. The van der Waals surface area contributed by atoms with Crippen LogP contribution in [0, 0.1) is 139 Å². The molecule has 14 rings (SSSR count). The molecule has 0 aliphatic heterocycles. The molecule has 0 fully saturated rings. The number of nitrogens with zero attached hydrogens (tertiary/aromatic N) is 9. The maximum absolute atomic E-state index is 9.36. The van der Waals surface area contributed by atoms with Crippen molar-refractivity contribution in [3.8, 4) is 161 Å². The van der Waals surface area contributed by atoms with Gasteiger partial charge in [0.1, 0.15) is 124 Å². The summed E-state index contributed by atoms with van der Waals surface area (Å²) in [5.41, 5.74) is 12.9. The van der Waals surface area contributed by atoms with E-state index < -0.39 is 0 Å². The van der Waals surface area contributed by atoms with Gasteiger partial charge in [-0.15, -0.1) is 19.3 Å². The van der Waals surface area contributed by atoms with E-state index in [-0.39, 0.29) is 45.8 Å². The molecule has 0 saturated carbocycles. The Balaban J connectivity index is 0.000000187. The summed E-state index contributed by atoms with van der Waals surface area (Å²) in [6, 6.07) is 113. The van der Waals surface area contributed by atoms with Crippen LogP contribution in [0.1, 0.15) is 174 Å². The molecule has 616 valence electrons. The van der Waals surface area contributed by atoms with Crippen LogP contribution < -0.4 is 28.4 Å². The molecule has 0 spiro atoms. The fraction of sp³-hybridized carbons (Fsp3) is 0.116. The Bertz CT molecular complexity index is 6620. The lowest BCUT2D eigenvalue weighted by molar-refractivity contribution is 0.481. The molecule has 0 unspecified atom stereocenters. The van der Waals surface area contributed by atoms with E-state index in [0.29, 0.717) is 119 Å². The summed E-state index contributed by atoms with van der Waals surface area (Å²) in [7, 11) is 0. The average molecular weight is 1680 g/mol. The second-order valence-electron chi connectivity index (χ2n) is 31.1. The molecule has 0 aliphatic carbocycles. The number of ether oxygens (including phenoxy) is 6. The highest BCUT2D eigenvalue weighted by atomic mass is 32.2. The smallest absolute Gasteiger partial charge is 0.128 e. The Morgan fingerprint density at radius 1 is 0.195 bits per heavy atom. The average Bonchev–Trinajstić information content (AvgIpc) is 0.780. The summed E-state index contributed by atoms with van der Waals surface area (Å²) in [6.45, 7) is 17.6. The van der Waals surface area contributed by atoms with Gasteiger partial charge in [0.15, 0.2) is 0 Å². The first-order chi connectivity index (χ1) is 61.3. The maximum Gasteiger partial charge on any atom is 0.128 e. The van der Waals surface area contributed by atoms with Crippen molar-refractivity contribution in [2.45, 2.75) is 94.3 Å². The summed E-state index contributed by atoms with van der Waals surface area (Å²) in [4.78, 5) is 2.05. The predicted octanol–water partition coefficient (Wildman–Crippen LogP) is 26.7. The van der Waals surface area contributed by atoms with Gasteiger partial charge < -0.3 is 28.4 Å². The van der Waals surface area contributed by atoms with Crippen molar-refractivity contribution in [1.82, 2.24) is 0 Å². The van der Waals surface area contributed by atoms with Crippen molar-refractivity contribution < 1.29 is 28.4 Å². The normalized spacial score (nSPS) is 10.5. The van der Waals surface area contributed by atoms with Crippen LogP contribution in [0.25, 0.3) is 0 Å². The Morgan fingerprint density at radius 2 is 0.367 bits per heavy atom. The molecule has 0 heterocycles. The van der Waals surface area contributed by atoms with Gasteiger partial charge in [0, 0.05) is 48.1 Å². The Kier molecular flexibility index (Phi) is 29.0. The zero-order chi connectivity index (χ0) is 90.4. The maximum atomic E-state index is 9.36. The SMILES string of the molecule is C.C#Cc1cc(Oc2ccc(C(C)(C)c3cccc(C(C)(C)c4ccc(Oc5ccc(C#N)c(C#N)c5)cc4)c3)cc2)ccc1C#N.C#Cc1cc(Oc2ccc(Sc3ccc(Oc4ccc(C#N)c(C#N)c4)cc3)cc2)ccc1C#N.C#Cc1ccc(Oc2ccc(C(C)(C)c3ccc(C(C)(C)c4ccc(Oc5ccc(C#N)c(C#N)c5)cc4)cc3)cc2)cc1C#N. The van der Waals surface area contributed by atoms with Gasteiger partial charge in [-0.05, 0) is 251 Å². The predicted molar refractivity (Wildman–Crippen MR) is 496 cm³/mol. The minimum atomic E-state index is -0.289. The van der Waals surface area contributed by atoms with Crippen LogP contribution in [0.15, 0.2) is 313 Å². The molecule has 0 amide bonds. The number of hydrogen-bond donors (Lipinski definition) is 0. The van der Waals surface area contributed by atoms with Crippen molar-refractivity contribution in [1.29, 1.82) is 47.4 Å². The van der Waals surface area contributed by atoms with E-state index in [1.165, 1.54) is 22.3 Å². The number of hydrogen-bond acceptors (Lipinski definition) is 16. The van der Waals surface area contributed by atoms with E-state index in [9.17, 15) is 26.3 Å². The van der Waals surface area contributed by atoms with Gasteiger partial charge in [-0.3, -0.25) is 0 Å². The molecule has 0 radical (unpaired) electrons. The fourth-order valence-corrected chi connectivity index (χ4v) is 14.7. The molecule has 0 aromatic heterocycles. The minimum absolute atomic E-state index is 0. The molecule has 16 heteroatoms. The van der Waals surface area contributed by atoms with Crippen LogP contribution >= 0.6 is 11.8 Å². The zero-order valence-corrected chi connectivity index (χ0v) is 71.3. The van der Waals surface area contributed by atoms with Gasteiger partial charge in [-0.1, -0.05) is 189 Å². The van der Waals surface area contributed by atoms with E-state index in [1.54, 1.807) is 121 Å². The largest absolute Gasteiger partial charge is 0.457 e. The Hall–Kier alpha value is -17.7. The van der Waals surface area contributed by atoms with E-state index in [0.717, 1.165) is 32.0 Å². The topological polar surface area (TPSA) is 269 Å². The second kappa shape index (κ2) is 40.8. The first-order valence-corrected chi connectivity index (χ1v) is 40.6. The van der Waals surface area contributed by atoms with Gasteiger partial charge in [-0.2, -0.15) is 47.4 Å². The van der Waals surface area contributed by atoms with Gasteiger partial charge in [-0.25, -0.2) is 0 Å². The van der Waals surface area contributed by atoms with Crippen LogP contribution in [0.3, 0.4) is 0 Å². The lowest BCUT2D eigenvalue weighted by atomic mass is 9.73. The van der Waals surface area contributed by atoms with Gasteiger partial charge in [0.25, 0.3) is 0 Å². The van der Waals surface area contributed by atoms with Crippen molar-refractivity contribution in [2.75, 3.05) is 0 Å². The number of benzene rings is 14. The molecule has 0 bridgehead atoms. The summed E-state index contributed by atoms with van der Waals surface area (Å²) in [5, 5.41) is 82.8. The quantitative estimate of drug-likeness (QED) is 0.0571. The third-order valence-corrected chi connectivity index (χ3v) is 22.7. The molecule has 15 nitrogen and oxygen atoms in total. The molecular formula is C112H81N9O6S. The number of rotatable bonds is 22. The molecule has 14 aromatic carbocycles. The minimum Gasteiger partial charge on any atom is -0.457 e. The summed E-state index contributed by atoms with van der Waals surface area (Å²) < 4.78 is 35.6. The van der Waals surface area contributed by atoms with E-state index in [4.69, 9.17) is 68.7 Å². The van der Waals surface area contributed by atoms with Crippen LogP contribution in [0.4, 0.5) is 0 Å². The molecule has 0 saturated heterocycles. The highest BCUT2D eigenvalue weighted by molar-refractivity contribution is 7.99. The Labute approximate surface area is 752 Å². The molecule has 128 heavy (non-hydrogen) atoms. The summed E-state index contributed by atoms with van der Waals surface area (Å²) >= 11 is 1.59. The van der Waals surface area contributed by atoms with E-state index >= 15 is 0 Å². The van der Waals surface area contributed by atoms with Crippen molar-refractivity contribution in [3.05, 3.63) is 415 Å². The van der Waals surface area contributed by atoms with E-state index in [2.05, 4.69) is 188 Å². The highest BCUT2D eigenvalue weighted by Gasteiger charge is 2.30. The third-order valence-electron chi connectivity index (χ3n) is 21.7. The zero-order valence-electron chi connectivity index (χ0n) is 70.5. The molecular weight excluding hydrogens is 1600 g/mol. The monoisotopic (exact) mass is 1680 g/mol. The van der Waals surface area contributed by atoms with Crippen molar-refractivity contribution >= 4 is 11.8 Å². The van der Waals surface area contributed by atoms with Crippen molar-refractivity contribution in [3.63, 3.8) is 0 Å². The standard InChI is InChI=1S/2C41H31N3O2.C29H15N3O2S.CH4/c1-6-28-7-17-38(23-30(28)26-43)45-36-19-13-34(14-20-36)40(2,3)32-9-11-33(12-10-32)41(4,5)35-15-21-37(22-16-35)46-39-18-8-29(25-42)31(24-39)27-44;1-6-28-22-38(16-10-29(28)25-42)45-36-18-12-32(13-19-36)40(2,3)34-8-7-9-35(24-34)41(4,5)33-14-20-37(21-15-33)46-39-17-11-30(26-43)31(23-39)27-44;1-2-20-15-26(5-3-21(20)17-30)33-24-7-11-28(12-8-24)35-29-13-9-25(10-14-29)34-27-6-4-22(18-31)23(16-27)19-32;/h2*1,7-24H,2-5H3;1,3-16H;1H4. The number of terminal acetylenes is 3. The number of nitriles is 9. The lowest BCUT2D eigenvalue weighted by Crippen LogP contribution is -2.22. The molecule has 0 atom stereocenters. The lowest BCUT2D eigenvalue weighted by Gasteiger charge is -2.31. The second-order valence-corrected chi connectivity index (χ2v) is 32.2.